The number of hydrogen-bond donors (Lipinski definition) is 2. The van der Waals surface area contributed by atoms with Crippen LogP contribution in [0.25, 0.3) is 10.2 Å². The fourth-order valence-corrected chi connectivity index (χ4v) is 3.65. The van der Waals surface area contributed by atoms with Crippen LogP contribution in [-0.2, 0) is 6.54 Å². The SMILES string of the molecule is CC.Cc1csc2c(NCc3ccco3)nc(Cl)nc12.NC1CC=CCC1. The van der Waals surface area contributed by atoms with E-state index in [1.807, 2.05) is 38.3 Å². The second kappa shape index (κ2) is 11.1. The summed E-state index contributed by atoms with van der Waals surface area (Å²) in [5.41, 5.74) is 7.60. The molecule has 1 atom stereocenters. The predicted octanol–water partition coefficient (Wildman–Crippen LogP) is 5.94. The summed E-state index contributed by atoms with van der Waals surface area (Å²) in [5.74, 6) is 1.60. The molecule has 3 N–H and O–H groups in total. The summed E-state index contributed by atoms with van der Waals surface area (Å²) in [6, 6.07) is 4.21. The third-order valence-corrected chi connectivity index (χ3v) is 5.15. The van der Waals surface area contributed by atoms with Crippen molar-refractivity contribution in [2.45, 2.75) is 52.6 Å². The zero-order chi connectivity index (χ0) is 19.6. The molecule has 1 unspecified atom stereocenters. The van der Waals surface area contributed by atoms with E-state index in [-0.39, 0.29) is 5.28 Å². The summed E-state index contributed by atoms with van der Waals surface area (Å²) < 4.78 is 6.28. The molecule has 5 nitrogen and oxygen atoms in total. The second-order valence-corrected chi connectivity index (χ2v) is 7.13. The van der Waals surface area contributed by atoms with Crippen molar-refractivity contribution in [3.05, 3.63) is 52.5 Å². The van der Waals surface area contributed by atoms with Crippen LogP contribution in [-0.4, -0.2) is 16.0 Å². The van der Waals surface area contributed by atoms with Gasteiger partial charge in [-0.3, -0.25) is 0 Å². The first-order chi connectivity index (χ1) is 13.1. The predicted molar refractivity (Wildman–Crippen MR) is 116 cm³/mol. The highest BCUT2D eigenvalue weighted by Gasteiger charge is 2.10. The second-order valence-electron chi connectivity index (χ2n) is 5.92. The molecule has 3 aromatic rings. The first kappa shape index (κ1) is 21.4. The smallest absolute Gasteiger partial charge is 0.224 e. The van der Waals surface area contributed by atoms with Gasteiger partial charge in [-0.05, 0) is 60.9 Å². The lowest BCUT2D eigenvalue weighted by Gasteiger charge is -2.09. The van der Waals surface area contributed by atoms with Crippen LogP contribution in [0.4, 0.5) is 5.82 Å². The molecule has 0 radical (unpaired) electrons. The number of halogens is 1. The number of rotatable bonds is 3. The topological polar surface area (TPSA) is 77.0 Å². The molecule has 3 aromatic heterocycles. The summed E-state index contributed by atoms with van der Waals surface area (Å²) in [5, 5.41) is 5.53. The average molecular weight is 407 g/mol. The van der Waals surface area contributed by atoms with E-state index in [9.17, 15) is 0 Å². The molecule has 0 saturated carbocycles. The number of hydrogen-bond acceptors (Lipinski definition) is 6. The number of aryl methyl sites for hydroxylation is 1. The molecule has 0 aromatic carbocycles. The highest BCUT2D eigenvalue weighted by Crippen LogP contribution is 2.30. The number of nitrogens with two attached hydrogens (primary N) is 1. The number of thiophene rings is 1. The van der Waals surface area contributed by atoms with Crippen LogP contribution >= 0.6 is 22.9 Å². The number of nitrogens with zero attached hydrogens (tertiary/aromatic N) is 2. The van der Waals surface area contributed by atoms with E-state index < -0.39 is 0 Å². The van der Waals surface area contributed by atoms with Crippen molar-refractivity contribution >= 4 is 39.0 Å². The van der Waals surface area contributed by atoms with E-state index in [0.29, 0.717) is 12.6 Å². The number of allylic oxidation sites excluding steroid dienone is 1. The average Bonchev–Trinajstić information content (AvgIpc) is 3.33. The van der Waals surface area contributed by atoms with E-state index in [4.69, 9.17) is 21.8 Å². The van der Waals surface area contributed by atoms with Crippen LogP contribution in [0.2, 0.25) is 5.28 Å². The molecule has 146 valence electrons. The molecule has 4 rings (SSSR count). The molecule has 0 aliphatic heterocycles. The Morgan fingerprint density at radius 2 is 2.15 bits per heavy atom. The molecule has 0 spiro atoms. The van der Waals surface area contributed by atoms with Crippen molar-refractivity contribution in [2.24, 2.45) is 5.73 Å². The largest absolute Gasteiger partial charge is 0.467 e. The van der Waals surface area contributed by atoms with Gasteiger partial charge in [-0.15, -0.1) is 11.3 Å². The van der Waals surface area contributed by atoms with Crippen molar-refractivity contribution in [3.63, 3.8) is 0 Å². The Kier molecular flexibility index (Phi) is 8.78. The van der Waals surface area contributed by atoms with Gasteiger partial charge in [0, 0.05) is 6.04 Å². The maximum absolute atomic E-state index is 5.93. The van der Waals surface area contributed by atoms with E-state index in [2.05, 4.69) is 27.4 Å². The van der Waals surface area contributed by atoms with E-state index in [0.717, 1.165) is 33.8 Å². The molecule has 1 aliphatic carbocycles. The Labute approximate surface area is 169 Å². The summed E-state index contributed by atoms with van der Waals surface area (Å²) in [6.07, 6.45) is 9.45. The Bertz CT molecular complexity index is 845. The Morgan fingerprint density at radius 3 is 2.74 bits per heavy atom. The highest BCUT2D eigenvalue weighted by atomic mass is 35.5. The summed E-state index contributed by atoms with van der Waals surface area (Å²) >= 11 is 7.54. The van der Waals surface area contributed by atoms with Crippen LogP contribution in [0.15, 0.2) is 40.3 Å². The van der Waals surface area contributed by atoms with Gasteiger partial charge >= 0.3 is 0 Å². The molecular weight excluding hydrogens is 380 g/mol. The minimum atomic E-state index is 0.256. The maximum atomic E-state index is 5.93. The number of nitrogens with one attached hydrogen (secondary N) is 1. The summed E-state index contributed by atoms with van der Waals surface area (Å²) in [6.45, 7) is 6.59. The van der Waals surface area contributed by atoms with E-state index >= 15 is 0 Å². The van der Waals surface area contributed by atoms with Gasteiger partial charge in [0.05, 0.1) is 23.0 Å². The van der Waals surface area contributed by atoms with Gasteiger partial charge in [-0.2, -0.15) is 4.98 Å². The van der Waals surface area contributed by atoms with Crippen LogP contribution in [0.3, 0.4) is 0 Å². The van der Waals surface area contributed by atoms with Gasteiger partial charge < -0.3 is 15.5 Å². The number of furan rings is 1. The van der Waals surface area contributed by atoms with Gasteiger partial charge in [-0.25, -0.2) is 4.98 Å². The van der Waals surface area contributed by atoms with Gasteiger partial charge in [0.15, 0.2) is 0 Å². The van der Waals surface area contributed by atoms with Crippen molar-refractivity contribution in [1.82, 2.24) is 9.97 Å². The maximum Gasteiger partial charge on any atom is 0.224 e. The lowest BCUT2D eigenvalue weighted by atomic mass is 10.0. The monoisotopic (exact) mass is 406 g/mol. The van der Waals surface area contributed by atoms with Crippen molar-refractivity contribution in [2.75, 3.05) is 5.32 Å². The van der Waals surface area contributed by atoms with Gasteiger partial charge in [0.2, 0.25) is 5.28 Å². The third-order valence-electron chi connectivity index (χ3n) is 3.89. The number of fused-ring (bicyclic) bond motifs is 1. The minimum Gasteiger partial charge on any atom is -0.467 e. The molecule has 1 aliphatic rings. The standard InChI is InChI=1S/C12H10ClN3OS.C6H11N.C2H6/c1-7-6-18-10-9(7)15-12(13)16-11(10)14-5-8-3-2-4-17-8;7-6-4-2-1-3-5-6;1-2/h2-4,6H,5H2,1H3,(H,14,15,16);1-2,6H,3-5,7H2;1-2H3. The highest BCUT2D eigenvalue weighted by molar-refractivity contribution is 7.18. The van der Waals surface area contributed by atoms with Crippen molar-refractivity contribution in [1.29, 1.82) is 0 Å². The Morgan fingerprint density at radius 1 is 1.33 bits per heavy atom. The molecule has 27 heavy (non-hydrogen) atoms. The lowest BCUT2D eigenvalue weighted by Crippen LogP contribution is -2.19. The Balaban J connectivity index is 0.000000244. The van der Waals surface area contributed by atoms with Gasteiger partial charge in [0.1, 0.15) is 11.6 Å². The summed E-state index contributed by atoms with van der Waals surface area (Å²) in [4.78, 5) is 8.47. The number of anilines is 1. The molecule has 3 heterocycles. The molecule has 7 heteroatoms. The fraction of sp³-hybridized carbons (Fsp3) is 0.400. The van der Waals surface area contributed by atoms with Gasteiger partial charge in [0.25, 0.3) is 0 Å². The van der Waals surface area contributed by atoms with E-state index in [1.54, 1.807) is 17.6 Å². The first-order valence-electron chi connectivity index (χ1n) is 9.21. The molecule has 0 amide bonds. The van der Waals surface area contributed by atoms with Crippen LogP contribution < -0.4 is 11.1 Å². The zero-order valence-electron chi connectivity index (χ0n) is 16.0. The Hall–Kier alpha value is -1.89. The van der Waals surface area contributed by atoms with Gasteiger partial charge in [-0.1, -0.05) is 26.0 Å². The summed E-state index contributed by atoms with van der Waals surface area (Å²) in [7, 11) is 0. The molecule has 0 bridgehead atoms. The quantitative estimate of drug-likeness (QED) is 0.415. The molecule has 0 fully saturated rings. The number of aromatic nitrogens is 2. The normalized spacial score (nSPS) is 15.5. The first-order valence-corrected chi connectivity index (χ1v) is 10.5. The van der Waals surface area contributed by atoms with Crippen LogP contribution in [0.5, 0.6) is 0 Å². The minimum absolute atomic E-state index is 0.256. The lowest BCUT2D eigenvalue weighted by molar-refractivity contribution is 0.518. The molecular formula is C20H27ClN4OS. The molecule has 0 saturated heterocycles. The van der Waals surface area contributed by atoms with Crippen LogP contribution in [0, 0.1) is 6.92 Å². The fourth-order valence-electron chi connectivity index (χ4n) is 2.53. The van der Waals surface area contributed by atoms with Crippen LogP contribution in [0.1, 0.15) is 44.4 Å². The third kappa shape index (κ3) is 6.34. The van der Waals surface area contributed by atoms with Crippen molar-refractivity contribution in [3.8, 4) is 0 Å². The van der Waals surface area contributed by atoms with E-state index in [1.165, 1.54) is 12.8 Å². The van der Waals surface area contributed by atoms with Crippen molar-refractivity contribution < 1.29 is 4.42 Å². The zero-order valence-corrected chi connectivity index (χ0v) is 17.6.